The molecular weight excluding hydrogens is 292 g/mol. The van der Waals surface area contributed by atoms with E-state index in [1.807, 2.05) is 46.8 Å². The van der Waals surface area contributed by atoms with Crippen LogP contribution in [0.15, 0.2) is 16.6 Å². The molecule has 100 valence electrons. The predicted molar refractivity (Wildman–Crippen MR) is 79.7 cm³/mol. The molecule has 0 aromatic heterocycles. The van der Waals surface area contributed by atoms with Gasteiger partial charge in [0.1, 0.15) is 0 Å². The molecule has 0 unspecified atom stereocenters. The van der Waals surface area contributed by atoms with Gasteiger partial charge in [-0.15, -0.1) is 0 Å². The Morgan fingerprint density at radius 2 is 1.89 bits per heavy atom. The van der Waals surface area contributed by atoms with E-state index in [1.54, 1.807) is 0 Å². The lowest BCUT2D eigenvalue weighted by molar-refractivity contribution is -0.119. The van der Waals surface area contributed by atoms with Crippen molar-refractivity contribution in [1.29, 1.82) is 0 Å². The smallest absolute Gasteiger partial charge is 0.241 e. The van der Waals surface area contributed by atoms with E-state index in [0.717, 1.165) is 21.3 Å². The molecule has 3 N–H and O–H groups in total. The summed E-state index contributed by atoms with van der Waals surface area (Å²) in [6.45, 7) is 9.84. The average Bonchev–Trinajstić information content (AvgIpc) is 2.20. The van der Waals surface area contributed by atoms with E-state index in [1.165, 1.54) is 0 Å². The Labute approximate surface area is 117 Å². The quantitative estimate of drug-likeness (QED) is 0.879. The summed E-state index contributed by atoms with van der Waals surface area (Å²) in [7, 11) is 0. The Bertz CT molecular complexity index is 440. The summed E-state index contributed by atoms with van der Waals surface area (Å²) < 4.78 is 0.884. The van der Waals surface area contributed by atoms with Gasteiger partial charge in [0.05, 0.1) is 11.7 Å². The molecule has 0 saturated carbocycles. The molecule has 3 nitrogen and oxygen atoms in total. The number of rotatable bonds is 2. The standard InChI is InChI=1S/C14H21BrN2O/c1-8-6-9(2)11(10(15)7-8)17-13(18)12(16)14(3,4)5/h6-7,12H,16H2,1-5H3,(H,17,18)/t12-/m0/s1. The molecule has 0 heterocycles. The number of carbonyl (C=O) groups is 1. The summed E-state index contributed by atoms with van der Waals surface area (Å²) in [5.41, 5.74) is 8.66. The normalized spacial score (nSPS) is 13.3. The van der Waals surface area contributed by atoms with E-state index in [4.69, 9.17) is 5.73 Å². The lowest BCUT2D eigenvalue weighted by atomic mass is 9.87. The molecule has 0 bridgehead atoms. The van der Waals surface area contributed by atoms with Crippen molar-refractivity contribution in [2.24, 2.45) is 11.1 Å². The number of amides is 1. The number of carbonyl (C=O) groups excluding carboxylic acids is 1. The van der Waals surface area contributed by atoms with Gasteiger partial charge in [0.2, 0.25) is 5.91 Å². The van der Waals surface area contributed by atoms with Crippen molar-refractivity contribution in [2.45, 2.75) is 40.7 Å². The van der Waals surface area contributed by atoms with E-state index in [9.17, 15) is 4.79 Å². The lowest BCUT2D eigenvalue weighted by Gasteiger charge is -2.26. The second kappa shape index (κ2) is 5.41. The Balaban J connectivity index is 2.96. The van der Waals surface area contributed by atoms with Crippen molar-refractivity contribution in [3.63, 3.8) is 0 Å². The van der Waals surface area contributed by atoms with E-state index in [2.05, 4.69) is 21.2 Å². The van der Waals surface area contributed by atoms with Crippen LogP contribution < -0.4 is 11.1 Å². The summed E-state index contributed by atoms with van der Waals surface area (Å²) in [5.74, 6) is -0.157. The maximum atomic E-state index is 12.1. The van der Waals surface area contributed by atoms with Crippen LogP contribution in [0.3, 0.4) is 0 Å². The summed E-state index contributed by atoms with van der Waals surface area (Å²) in [6.07, 6.45) is 0. The lowest BCUT2D eigenvalue weighted by Crippen LogP contribution is -2.45. The van der Waals surface area contributed by atoms with Gasteiger partial charge in [0.15, 0.2) is 0 Å². The van der Waals surface area contributed by atoms with Crippen LogP contribution in [-0.4, -0.2) is 11.9 Å². The number of anilines is 1. The van der Waals surface area contributed by atoms with Gasteiger partial charge in [-0.3, -0.25) is 4.79 Å². The summed E-state index contributed by atoms with van der Waals surface area (Å²) in [4.78, 5) is 12.1. The van der Waals surface area contributed by atoms with Crippen molar-refractivity contribution in [1.82, 2.24) is 0 Å². The Morgan fingerprint density at radius 1 is 1.33 bits per heavy atom. The van der Waals surface area contributed by atoms with Crippen molar-refractivity contribution < 1.29 is 4.79 Å². The molecule has 0 fully saturated rings. The molecule has 1 aromatic carbocycles. The van der Waals surface area contributed by atoms with E-state index in [-0.39, 0.29) is 11.3 Å². The van der Waals surface area contributed by atoms with E-state index >= 15 is 0 Å². The molecular formula is C14H21BrN2O. The maximum absolute atomic E-state index is 12.1. The van der Waals surface area contributed by atoms with E-state index in [0.29, 0.717) is 0 Å². The fourth-order valence-electron chi connectivity index (χ4n) is 1.67. The highest BCUT2D eigenvalue weighted by Gasteiger charge is 2.28. The Kier molecular flexibility index (Phi) is 4.56. The number of nitrogens with one attached hydrogen (secondary N) is 1. The van der Waals surface area contributed by atoms with Crippen LogP contribution in [0, 0.1) is 19.3 Å². The fourth-order valence-corrected chi connectivity index (χ4v) is 2.44. The Morgan fingerprint density at radius 3 is 2.33 bits per heavy atom. The van der Waals surface area contributed by atoms with Gasteiger partial charge in [-0.05, 0) is 52.4 Å². The zero-order valence-corrected chi connectivity index (χ0v) is 13.2. The predicted octanol–water partition coefficient (Wildman–Crippen LogP) is 3.38. The number of aryl methyl sites for hydroxylation is 2. The van der Waals surface area contributed by atoms with Gasteiger partial charge in [-0.1, -0.05) is 26.8 Å². The first-order valence-electron chi connectivity index (χ1n) is 5.96. The highest BCUT2D eigenvalue weighted by Crippen LogP contribution is 2.28. The Hall–Kier alpha value is -0.870. The summed E-state index contributed by atoms with van der Waals surface area (Å²) in [6, 6.07) is 3.47. The second-order valence-corrected chi connectivity index (χ2v) is 6.63. The van der Waals surface area contributed by atoms with Crippen molar-refractivity contribution >= 4 is 27.5 Å². The molecule has 0 spiro atoms. The minimum absolute atomic E-state index is 0.157. The first kappa shape index (κ1) is 15.2. The van der Waals surface area contributed by atoms with Gasteiger partial charge >= 0.3 is 0 Å². The number of nitrogens with two attached hydrogens (primary N) is 1. The first-order chi connectivity index (χ1) is 8.12. The van der Waals surface area contributed by atoms with Gasteiger partial charge in [0.25, 0.3) is 0 Å². The molecule has 4 heteroatoms. The SMILES string of the molecule is Cc1cc(C)c(NC(=O)[C@H](N)C(C)(C)C)c(Br)c1. The molecule has 0 saturated heterocycles. The molecule has 1 rings (SSSR count). The van der Waals surface area contributed by atoms with Crippen LogP contribution in [0.2, 0.25) is 0 Å². The first-order valence-corrected chi connectivity index (χ1v) is 6.75. The van der Waals surface area contributed by atoms with Crippen LogP contribution >= 0.6 is 15.9 Å². The molecule has 1 atom stereocenters. The molecule has 18 heavy (non-hydrogen) atoms. The van der Waals surface area contributed by atoms with Gasteiger partial charge in [0, 0.05) is 4.47 Å². The largest absolute Gasteiger partial charge is 0.323 e. The third-order valence-electron chi connectivity index (χ3n) is 2.90. The van der Waals surface area contributed by atoms with Crippen LogP contribution in [0.4, 0.5) is 5.69 Å². The molecule has 0 aliphatic carbocycles. The fraction of sp³-hybridized carbons (Fsp3) is 0.500. The summed E-state index contributed by atoms with van der Waals surface area (Å²) >= 11 is 3.47. The van der Waals surface area contributed by atoms with Crippen LogP contribution in [0.25, 0.3) is 0 Å². The highest BCUT2D eigenvalue weighted by molar-refractivity contribution is 9.10. The van der Waals surface area contributed by atoms with Crippen LogP contribution in [0.5, 0.6) is 0 Å². The van der Waals surface area contributed by atoms with Crippen molar-refractivity contribution in [3.8, 4) is 0 Å². The van der Waals surface area contributed by atoms with Crippen molar-refractivity contribution in [2.75, 3.05) is 5.32 Å². The van der Waals surface area contributed by atoms with Crippen molar-refractivity contribution in [3.05, 3.63) is 27.7 Å². The highest BCUT2D eigenvalue weighted by atomic mass is 79.9. The molecule has 1 aromatic rings. The number of hydrogen-bond donors (Lipinski definition) is 2. The molecule has 0 aliphatic rings. The molecule has 1 amide bonds. The number of benzene rings is 1. The second-order valence-electron chi connectivity index (χ2n) is 5.77. The number of hydrogen-bond acceptors (Lipinski definition) is 2. The third-order valence-corrected chi connectivity index (χ3v) is 3.52. The summed E-state index contributed by atoms with van der Waals surface area (Å²) in [5, 5.41) is 2.90. The average molecular weight is 313 g/mol. The molecule has 0 radical (unpaired) electrons. The van der Waals surface area contributed by atoms with Gasteiger partial charge in [-0.25, -0.2) is 0 Å². The number of halogens is 1. The molecule has 0 aliphatic heterocycles. The minimum atomic E-state index is -0.537. The monoisotopic (exact) mass is 312 g/mol. The van der Waals surface area contributed by atoms with Crippen LogP contribution in [-0.2, 0) is 4.79 Å². The van der Waals surface area contributed by atoms with Gasteiger partial charge in [-0.2, -0.15) is 0 Å². The van der Waals surface area contributed by atoms with Gasteiger partial charge < -0.3 is 11.1 Å². The zero-order valence-electron chi connectivity index (χ0n) is 11.6. The topological polar surface area (TPSA) is 55.1 Å². The van der Waals surface area contributed by atoms with Crippen LogP contribution in [0.1, 0.15) is 31.9 Å². The zero-order chi connectivity index (χ0) is 14.1. The minimum Gasteiger partial charge on any atom is -0.323 e. The third kappa shape index (κ3) is 3.56. The maximum Gasteiger partial charge on any atom is 0.241 e. The van der Waals surface area contributed by atoms with E-state index < -0.39 is 6.04 Å².